The predicted octanol–water partition coefficient (Wildman–Crippen LogP) is 1.47. The van der Waals surface area contributed by atoms with Crippen LogP contribution in [0.1, 0.15) is 5.82 Å². The Morgan fingerprint density at radius 1 is 1.47 bits per heavy atom. The molecule has 0 saturated heterocycles. The SMILES string of the molecule is Cc1n(C)nc(SCC#N)[n+]1C.F[B-](F)(F)F. The second-order valence-electron chi connectivity index (χ2n) is 2.95. The molecule has 0 fully saturated rings. The topological polar surface area (TPSA) is 45.5 Å². The van der Waals surface area contributed by atoms with Crippen molar-refractivity contribution in [2.45, 2.75) is 12.1 Å². The summed E-state index contributed by atoms with van der Waals surface area (Å²) in [5.41, 5.74) is 0. The lowest BCUT2D eigenvalue weighted by Gasteiger charge is -1.94. The Morgan fingerprint density at radius 2 is 1.94 bits per heavy atom. The molecule has 0 saturated carbocycles. The van der Waals surface area contributed by atoms with Crippen LogP contribution in [0.25, 0.3) is 0 Å². The number of nitriles is 1. The second kappa shape index (κ2) is 6.49. The molecule has 0 N–H and O–H groups in total. The van der Waals surface area contributed by atoms with Gasteiger partial charge in [0.15, 0.2) is 0 Å². The molecule has 0 bridgehead atoms. The van der Waals surface area contributed by atoms with Crippen LogP contribution in [0.5, 0.6) is 0 Å². The molecule has 1 aromatic rings. The summed E-state index contributed by atoms with van der Waals surface area (Å²) in [6.07, 6.45) is 0. The Morgan fingerprint density at radius 3 is 2.24 bits per heavy atom. The molecule has 0 amide bonds. The monoisotopic (exact) mass is 270 g/mol. The van der Waals surface area contributed by atoms with Gasteiger partial charge in [-0.1, -0.05) is 0 Å². The summed E-state index contributed by atoms with van der Waals surface area (Å²) in [6, 6.07) is 2.07. The molecular formula is C7H11BF4N4S. The molecule has 4 nitrogen and oxygen atoms in total. The van der Waals surface area contributed by atoms with Crippen molar-refractivity contribution in [1.29, 1.82) is 5.26 Å². The van der Waals surface area contributed by atoms with Crippen LogP contribution in [-0.2, 0) is 14.1 Å². The first-order valence-electron chi connectivity index (χ1n) is 4.43. The van der Waals surface area contributed by atoms with Gasteiger partial charge >= 0.3 is 12.4 Å². The number of hydrogen-bond acceptors (Lipinski definition) is 3. The molecule has 0 aliphatic heterocycles. The van der Waals surface area contributed by atoms with Crippen LogP contribution in [0.15, 0.2) is 5.16 Å². The summed E-state index contributed by atoms with van der Waals surface area (Å²) in [7, 11) is -2.16. The molecule has 0 spiro atoms. The van der Waals surface area contributed by atoms with Gasteiger partial charge in [0.1, 0.15) is 0 Å². The highest BCUT2D eigenvalue weighted by Crippen LogP contribution is 2.09. The van der Waals surface area contributed by atoms with E-state index in [1.807, 2.05) is 25.6 Å². The largest absolute Gasteiger partial charge is 0.673 e. The van der Waals surface area contributed by atoms with Gasteiger partial charge in [-0.15, -0.1) is 4.68 Å². The number of rotatable bonds is 2. The smallest absolute Gasteiger partial charge is 0.418 e. The van der Waals surface area contributed by atoms with Gasteiger partial charge in [-0.25, -0.2) is 4.57 Å². The highest BCUT2D eigenvalue weighted by Gasteiger charge is 2.20. The maximum atomic E-state index is 9.75. The van der Waals surface area contributed by atoms with Crippen LogP contribution in [-0.4, -0.2) is 22.8 Å². The zero-order valence-electron chi connectivity index (χ0n) is 9.49. The van der Waals surface area contributed by atoms with Crippen LogP contribution in [0.2, 0.25) is 0 Å². The number of nitrogens with zero attached hydrogens (tertiary/aromatic N) is 4. The van der Waals surface area contributed by atoms with Crippen molar-refractivity contribution in [3.63, 3.8) is 0 Å². The first kappa shape index (κ1) is 15.8. The fourth-order valence-corrected chi connectivity index (χ4v) is 1.55. The maximum absolute atomic E-state index is 9.75. The van der Waals surface area contributed by atoms with E-state index in [1.54, 1.807) is 4.68 Å². The zero-order chi connectivity index (χ0) is 13.6. The normalized spacial score (nSPS) is 10.5. The van der Waals surface area contributed by atoms with E-state index in [0.717, 1.165) is 11.0 Å². The minimum absolute atomic E-state index is 0.449. The lowest BCUT2D eigenvalue weighted by Crippen LogP contribution is -2.32. The quantitative estimate of drug-likeness (QED) is 0.354. The van der Waals surface area contributed by atoms with Crippen LogP contribution < -0.4 is 4.57 Å². The van der Waals surface area contributed by atoms with Crippen molar-refractivity contribution < 1.29 is 21.8 Å². The average Bonchev–Trinajstić information content (AvgIpc) is 2.40. The summed E-state index contributed by atoms with van der Waals surface area (Å²) in [5.74, 6) is 1.53. The van der Waals surface area contributed by atoms with Gasteiger partial charge < -0.3 is 17.3 Å². The van der Waals surface area contributed by atoms with Gasteiger partial charge in [-0.05, 0) is 11.8 Å². The van der Waals surface area contributed by atoms with Crippen molar-refractivity contribution in [3.05, 3.63) is 5.82 Å². The highest BCUT2D eigenvalue weighted by molar-refractivity contribution is 7.99. The van der Waals surface area contributed by atoms with Gasteiger partial charge in [0.25, 0.3) is 0 Å². The summed E-state index contributed by atoms with van der Waals surface area (Å²) < 4.78 is 42.8. The molecule has 10 heteroatoms. The van der Waals surface area contributed by atoms with Crippen LogP contribution >= 0.6 is 11.8 Å². The van der Waals surface area contributed by atoms with Gasteiger partial charge in [0, 0.05) is 6.92 Å². The molecule has 0 aliphatic rings. The van der Waals surface area contributed by atoms with E-state index in [-0.39, 0.29) is 0 Å². The Bertz CT molecular complexity index is 405. The molecule has 17 heavy (non-hydrogen) atoms. The maximum Gasteiger partial charge on any atom is 0.673 e. The second-order valence-corrected chi connectivity index (χ2v) is 3.90. The summed E-state index contributed by atoms with van der Waals surface area (Å²) in [5, 5.41) is 13.5. The van der Waals surface area contributed by atoms with Crippen LogP contribution in [0.4, 0.5) is 17.3 Å². The third-order valence-electron chi connectivity index (χ3n) is 1.74. The zero-order valence-corrected chi connectivity index (χ0v) is 10.3. The highest BCUT2D eigenvalue weighted by atomic mass is 32.2. The molecule has 0 aromatic carbocycles. The van der Waals surface area contributed by atoms with Gasteiger partial charge in [0.2, 0.25) is 5.82 Å². The number of aryl methyl sites for hydroxylation is 1. The Hall–Kier alpha value is -1.24. The molecule has 1 heterocycles. The number of hydrogen-bond donors (Lipinski definition) is 0. The van der Waals surface area contributed by atoms with E-state index in [0.29, 0.717) is 5.75 Å². The van der Waals surface area contributed by atoms with E-state index in [2.05, 4.69) is 11.2 Å². The predicted molar refractivity (Wildman–Crippen MR) is 55.6 cm³/mol. The lowest BCUT2D eigenvalue weighted by molar-refractivity contribution is -0.715. The fraction of sp³-hybridized carbons (Fsp3) is 0.571. The molecular weight excluding hydrogens is 259 g/mol. The molecule has 0 atom stereocenters. The van der Waals surface area contributed by atoms with Crippen LogP contribution in [0, 0.1) is 18.3 Å². The third kappa shape index (κ3) is 6.83. The molecule has 0 radical (unpaired) electrons. The minimum atomic E-state index is -6.00. The first-order valence-corrected chi connectivity index (χ1v) is 5.42. The lowest BCUT2D eigenvalue weighted by atomic mass is 10.3. The Kier molecular flexibility index (Phi) is 6.02. The molecule has 0 unspecified atom stereocenters. The van der Waals surface area contributed by atoms with Crippen molar-refractivity contribution in [3.8, 4) is 6.07 Å². The molecule has 1 aromatic heterocycles. The van der Waals surface area contributed by atoms with E-state index in [4.69, 9.17) is 5.26 Å². The summed E-state index contributed by atoms with van der Waals surface area (Å²) in [6.45, 7) is 1.99. The Labute approximate surface area is 100 Å². The molecule has 0 aliphatic carbocycles. The van der Waals surface area contributed by atoms with Gasteiger partial charge in [-0.3, -0.25) is 0 Å². The van der Waals surface area contributed by atoms with Crippen molar-refractivity contribution in [1.82, 2.24) is 9.78 Å². The van der Waals surface area contributed by atoms with Gasteiger partial charge in [0.05, 0.1) is 31.0 Å². The molecule has 96 valence electrons. The molecule has 1 rings (SSSR count). The number of aromatic nitrogens is 3. The van der Waals surface area contributed by atoms with Crippen LogP contribution in [0.3, 0.4) is 0 Å². The van der Waals surface area contributed by atoms with E-state index in [1.165, 1.54) is 11.8 Å². The number of thioether (sulfide) groups is 1. The van der Waals surface area contributed by atoms with E-state index in [9.17, 15) is 17.3 Å². The first-order chi connectivity index (χ1) is 7.66. The fourth-order valence-electron chi connectivity index (χ4n) is 0.846. The van der Waals surface area contributed by atoms with Gasteiger partial charge in [-0.2, -0.15) is 5.26 Å². The van der Waals surface area contributed by atoms with E-state index < -0.39 is 7.25 Å². The number of halogens is 4. The summed E-state index contributed by atoms with van der Waals surface area (Å²) in [4.78, 5) is 0. The van der Waals surface area contributed by atoms with Crippen molar-refractivity contribution in [2.24, 2.45) is 14.1 Å². The average molecular weight is 270 g/mol. The third-order valence-corrected chi connectivity index (χ3v) is 2.63. The Balaban J connectivity index is 0.000000437. The minimum Gasteiger partial charge on any atom is -0.418 e. The van der Waals surface area contributed by atoms with Crippen molar-refractivity contribution in [2.75, 3.05) is 5.75 Å². The van der Waals surface area contributed by atoms with Crippen molar-refractivity contribution >= 4 is 19.0 Å². The van der Waals surface area contributed by atoms with E-state index >= 15 is 0 Å². The summed E-state index contributed by atoms with van der Waals surface area (Å²) >= 11 is 1.45. The standard InChI is InChI=1S/C7H11N4S.BF4/c1-6-10(2)7(9-11(6)3)12-5-4-8;2-1(3,4)5/h5H2,1-3H3;/q+1;-1.